The number of hydrogen-bond acceptors (Lipinski definition) is 2. The first kappa shape index (κ1) is 10.7. The molecule has 0 saturated heterocycles. The third-order valence-electron chi connectivity index (χ3n) is 3.03. The maximum atomic E-state index is 6.05. The van der Waals surface area contributed by atoms with Gasteiger partial charge in [-0.2, -0.15) is 0 Å². The largest absolute Gasteiger partial charge is 0.463 e. The number of nitrogens with two attached hydrogens (primary N) is 1. The number of furan rings is 1. The van der Waals surface area contributed by atoms with Crippen LogP contribution in [0.25, 0.3) is 17.1 Å². The Hall–Kier alpha value is -2.42. The van der Waals surface area contributed by atoms with Crippen LogP contribution in [-0.2, 0) is 0 Å². The van der Waals surface area contributed by atoms with E-state index in [0.29, 0.717) is 0 Å². The molecule has 2 aromatic heterocycles. The number of para-hydroxylation sites is 2. The third kappa shape index (κ3) is 1.61. The summed E-state index contributed by atoms with van der Waals surface area (Å²) in [5, 5.41) is 0. The molecule has 2 heterocycles. The summed E-state index contributed by atoms with van der Waals surface area (Å²) in [5.41, 5.74) is 9.92. The van der Waals surface area contributed by atoms with Crippen LogP contribution in [0.5, 0.6) is 0 Å². The molecule has 3 rings (SSSR count). The van der Waals surface area contributed by atoms with E-state index in [1.165, 1.54) is 0 Å². The summed E-state index contributed by atoms with van der Waals surface area (Å²) in [6.45, 7) is 2.05. The van der Waals surface area contributed by atoms with Crippen molar-refractivity contribution < 1.29 is 4.42 Å². The molecule has 90 valence electrons. The SMILES string of the molecule is Cc1ccc(-c2ccco2)n1-c1ccccc1N. The standard InChI is InChI=1S/C15H14N2O/c1-11-8-9-14(15-7-4-10-18-15)17(11)13-6-3-2-5-12(13)16/h2-10H,16H2,1H3. The number of aromatic nitrogens is 1. The monoisotopic (exact) mass is 238 g/mol. The molecule has 3 nitrogen and oxygen atoms in total. The molecular formula is C15H14N2O. The van der Waals surface area contributed by atoms with Gasteiger partial charge in [-0.15, -0.1) is 0 Å². The lowest BCUT2D eigenvalue weighted by molar-refractivity contribution is 0.578. The van der Waals surface area contributed by atoms with Gasteiger partial charge in [0.1, 0.15) is 0 Å². The topological polar surface area (TPSA) is 44.1 Å². The Morgan fingerprint density at radius 1 is 1.00 bits per heavy atom. The lowest BCUT2D eigenvalue weighted by Gasteiger charge is -2.12. The number of nitrogen functional groups attached to an aromatic ring is 1. The van der Waals surface area contributed by atoms with E-state index in [1.807, 2.05) is 42.5 Å². The van der Waals surface area contributed by atoms with E-state index in [4.69, 9.17) is 10.2 Å². The normalized spacial score (nSPS) is 10.7. The molecule has 0 aliphatic heterocycles. The van der Waals surface area contributed by atoms with Crippen LogP contribution in [0, 0.1) is 6.92 Å². The molecule has 0 bridgehead atoms. The van der Waals surface area contributed by atoms with Crippen LogP contribution in [0.2, 0.25) is 0 Å². The molecule has 0 fully saturated rings. The van der Waals surface area contributed by atoms with Crippen LogP contribution < -0.4 is 5.73 Å². The van der Waals surface area contributed by atoms with Crippen molar-refractivity contribution in [3.05, 3.63) is 60.5 Å². The van der Waals surface area contributed by atoms with Gasteiger partial charge in [-0.3, -0.25) is 0 Å². The molecule has 0 aliphatic carbocycles. The van der Waals surface area contributed by atoms with Gasteiger partial charge in [0, 0.05) is 5.69 Å². The van der Waals surface area contributed by atoms with Gasteiger partial charge < -0.3 is 14.7 Å². The minimum absolute atomic E-state index is 0.754. The predicted molar refractivity (Wildman–Crippen MR) is 72.6 cm³/mol. The van der Waals surface area contributed by atoms with Gasteiger partial charge in [0.05, 0.1) is 23.3 Å². The van der Waals surface area contributed by atoms with Crippen molar-refractivity contribution in [2.24, 2.45) is 0 Å². The molecule has 2 N–H and O–H groups in total. The van der Waals surface area contributed by atoms with Crippen LogP contribution in [0.1, 0.15) is 5.69 Å². The van der Waals surface area contributed by atoms with E-state index in [-0.39, 0.29) is 0 Å². The Bertz CT molecular complexity index is 666. The highest BCUT2D eigenvalue weighted by atomic mass is 16.3. The Labute approximate surface area is 105 Å². The van der Waals surface area contributed by atoms with E-state index < -0.39 is 0 Å². The average Bonchev–Trinajstić information content (AvgIpc) is 2.99. The van der Waals surface area contributed by atoms with E-state index in [0.717, 1.165) is 28.5 Å². The zero-order valence-corrected chi connectivity index (χ0v) is 10.1. The Balaban J connectivity index is 2.24. The Morgan fingerprint density at radius 2 is 1.83 bits per heavy atom. The second-order valence-electron chi connectivity index (χ2n) is 4.23. The van der Waals surface area contributed by atoms with Gasteiger partial charge in [-0.05, 0) is 43.3 Å². The summed E-state index contributed by atoms with van der Waals surface area (Å²) in [6.07, 6.45) is 1.68. The minimum Gasteiger partial charge on any atom is -0.463 e. The van der Waals surface area contributed by atoms with E-state index >= 15 is 0 Å². The smallest absolute Gasteiger partial charge is 0.150 e. The molecule has 0 amide bonds. The molecule has 0 spiro atoms. The molecule has 0 saturated carbocycles. The van der Waals surface area contributed by atoms with Crippen molar-refractivity contribution in [2.45, 2.75) is 6.92 Å². The van der Waals surface area contributed by atoms with Gasteiger partial charge in [0.15, 0.2) is 5.76 Å². The summed E-state index contributed by atoms with van der Waals surface area (Å²) in [5.74, 6) is 0.839. The number of hydrogen-bond donors (Lipinski definition) is 1. The molecule has 18 heavy (non-hydrogen) atoms. The highest BCUT2D eigenvalue weighted by Crippen LogP contribution is 2.29. The van der Waals surface area contributed by atoms with Gasteiger partial charge in [-0.25, -0.2) is 0 Å². The van der Waals surface area contributed by atoms with Crippen molar-refractivity contribution in [2.75, 3.05) is 5.73 Å². The first-order valence-corrected chi connectivity index (χ1v) is 5.84. The van der Waals surface area contributed by atoms with Crippen LogP contribution in [0.15, 0.2) is 59.2 Å². The quantitative estimate of drug-likeness (QED) is 0.693. The number of benzene rings is 1. The van der Waals surface area contributed by atoms with E-state index in [9.17, 15) is 0 Å². The first-order chi connectivity index (χ1) is 8.77. The molecule has 0 aliphatic rings. The highest BCUT2D eigenvalue weighted by molar-refractivity contribution is 5.65. The second kappa shape index (κ2) is 4.11. The molecule has 0 radical (unpaired) electrons. The highest BCUT2D eigenvalue weighted by Gasteiger charge is 2.12. The molecule has 0 atom stereocenters. The van der Waals surface area contributed by atoms with Gasteiger partial charge in [0.25, 0.3) is 0 Å². The van der Waals surface area contributed by atoms with Gasteiger partial charge >= 0.3 is 0 Å². The summed E-state index contributed by atoms with van der Waals surface area (Å²) in [7, 11) is 0. The Morgan fingerprint density at radius 3 is 2.56 bits per heavy atom. The van der Waals surface area contributed by atoms with Crippen molar-refractivity contribution in [3.8, 4) is 17.1 Å². The molecule has 1 aromatic carbocycles. The number of nitrogens with zero attached hydrogens (tertiary/aromatic N) is 1. The molecule has 3 aromatic rings. The van der Waals surface area contributed by atoms with Gasteiger partial charge in [0.2, 0.25) is 0 Å². The van der Waals surface area contributed by atoms with Crippen molar-refractivity contribution in [1.29, 1.82) is 0 Å². The summed E-state index contributed by atoms with van der Waals surface area (Å²) in [6, 6.07) is 15.8. The lowest BCUT2D eigenvalue weighted by Crippen LogP contribution is -2.02. The molecule has 0 unspecified atom stereocenters. The zero-order valence-electron chi connectivity index (χ0n) is 10.1. The molecular weight excluding hydrogens is 224 g/mol. The summed E-state index contributed by atoms with van der Waals surface area (Å²) >= 11 is 0. The fourth-order valence-corrected chi connectivity index (χ4v) is 2.17. The maximum Gasteiger partial charge on any atom is 0.150 e. The third-order valence-corrected chi connectivity index (χ3v) is 3.03. The van der Waals surface area contributed by atoms with Crippen LogP contribution in [0.4, 0.5) is 5.69 Å². The first-order valence-electron chi connectivity index (χ1n) is 5.84. The minimum atomic E-state index is 0.754. The average molecular weight is 238 g/mol. The van der Waals surface area contributed by atoms with Crippen molar-refractivity contribution in [1.82, 2.24) is 4.57 Å². The lowest BCUT2D eigenvalue weighted by atomic mass is 10.2. The van der Waals surface area contributed by atoms with Crippen molar-refractivity contribution >= 4 is 5.69 Å². The predicted octanol–water partition coefficient (Wildman–Crippen LogP) is 3.63. The van der Waals surface area contributed by atoms with E-state index in [1.54, 1.807) is 6.26 Å². The number of rotatable bonds is 2. The number of anilines is 1. The van der Waals surface area contributed by atoms with Crippen LogP contribution >= 0.6 is 0 Å². The zero-order chi connectivity index (χ0) is 12.5. The fraction of sp³-hybridized carbons (Fsp3) is 0.0667. The van der Waals surface area contributed by atoms with Crippen LogP contribution in [-0.4, -0.2) is 4.57 Å². The Kier molecular flexibility index (Phi) is 2.45. The van der Waals surface area contributed by atoms with Crippen LogP contribution in [0.3, 0.4) is 0 Å². The fourth-order valence-electron chi connectivity index (χ4n) is 2.17. The second-order valence-corrected chi connectivity index (χ2v) is 4.23. The molecule has 3 heteroatoms. The van der Waals surface area contributed by atoms with Crippen molar-refractivity contribution in [3.63, 3.8) is 0 Å². The van der Waals surface area contributed by atoms with Gasteiger partial charge in [-0.1, -0.05) is 12.1 Å². The number of aryl methyl sites for hydroxylation is 1. The van der Waals surface area contributed by atoms with E-state index in [2.05, 4.69) is 17.6 Å². The maximum absolute atomic E-state index is 6.05. The summed E-state index contributed by atoms with van der Waals surface area (Å²) < 4.78 is 7.58. The summed E-state index contributed by atoms with van der Waals surface area (Å²) in [4.78, 5) is 0.